The fraction of sp³-hybridized carbons (Fsp3) is 0.0952. The van der Waals surface area contributed by atoms with Gasteiger partial charge >= 0.3 is 0 Å². The van der Waals surface area contributed by atoms with Crippen molar-refractivity contribution < 1.29 is 17.9 Å². The van der Waals surface area contributed by atoms with Gasteiger partial charge in [0, 0.05) is 16.4 Å². The van der Waals surface area contributed by atoms with Crippen LogP contribution in [0.4, 0.5) is 11.4 Å². The number of carbonyl (C=O) groups is 1. The maximum atomic E-state index is 12.6. The van der Waals surface area contributed by atoms with Gasteiger partial charge in [-0.15, -0.1) is 0 Å². The maximum absolute atomic E-state index is 12.6. The van der Waals surface area contributed by atoms with Crippen LogP contribution in [0.2, 0.25) is 10.0 Å². The minimum absolute atomic E-state index is 0.0125. The van der Waals surface area contributed by atoms with Crippen LogP contribution in [0.15, 0.2) is 77.7 Å². The van der Waals surface area contributed by atoms with Crippen LogP contribution in [0.25, 0.3) is 0 Å². The Bertz CT molecular complexity index is 1150. The lowest BCUT2D eigenvalue weighted by Gasteiger charge is -2.16. The summed E-state index contributed by atoms with van der Waals surface area (Å²) in [7, 11) is -3.81. The van der Waals surface area contributed by atoms with Gasteiger partial charge in [0.15, 0.2) is 6.10 Å². The van der Waals surface area contributed by atoms with Gasteiger partial charge in [0.25, 0.3) is 15.9 Å². The number of hydrogen-bond donors (Lipinski definition) is 2. The Hall–Kier alpha value is -2.74. The number of para-hydroxylation sites is 1. The minimum atomic E-state index is -3.81. The predicted octanol–water partition coefficient (Wildman–Crippen LogP) is 5.20. The van der Waals surface area contributed by atoms with Gasteiger partial charge < -0.3 is 10.1 Å². The molecule has 0 aliphatic rings. The molecule has 2 N–H and O–H groups in total. The number of ether oxygens (including phenoxy) is 1. The second-order valence-electron chi connectivity index (χ2n) is 6.32. The third kappa shape index (κ3) is 5.66. The van der Waals surface area contributed by atoms with Crippen molar-refractivity contribution in [1.82, 2.24) is 0 Å². The third-order valence-electron chi connectivity index (χ3n) is 4.00. The molecule has 0 saturated carbocycles. The molecule has 1 amide bonds. The Kier molecular flexibility index (Phi) is 6.87. The third-order valence-corrected chi connectivity index (χ3v) is 5.91. The van der Waals surface area contributed by atoms with Crippen molar-refractivity contribution in [2.75, 3.05) is 10.0 Å². The van der Waals surface area contributed by atoms with E-state index in [0.717, 1.165) is 0 Å². The summed E-state index contributed by atoms with van der Waals surface area (Å²) >= 11 is 11.9. The van der Waals surface area contributed by atoms with Crippen molar-refractivity contribution in [3.05, 3.63) is 82.8 Å². The molecule has 0 aliphatic carbocycles. The Labute approximate surface area is 184 Å². The molecule has 0 aromatic heterocycles. The van der Waals surface area contributed by atoms with Crippen molar-refractivity contribution in [1.29, 1.82) is 0 Å². The van der Waals surface area contributed by atoms with Gasteiger partial charge in [0.05, 0.1) is 9.92 Å². The van der Waals surface area contributed by atoms with Crippen LogP contribution in [-0.4, -0.2) is 20.4 Å². The van der Waals surface area contributed by atoms with Crippen LogP contribution >= 0.6 is 23.2 Å². The number of anilines is 2. The summed E-state index contributed by atoms with van der Waals surface area (Å²) in [6, 6.07) is 19.1. The van der Waals surface area contributed by atoms with Gasteiger partial charge in [0.1, 0.15) is 5.75 Å². The molecule has 0 radical (unpaired) electrons. The van der Waals surface area contributed by atoms with Crippen LogP contribution in [0.1, 0.15) is 6.92 Å². The predicted molar refractivity (Wildman–Crippen MR) is 119 cm³/mol. The van der Waals surface area contributed by atoms with E-state index in [-0.39, 0.29) is 9.92 Å². The lowest BCUT2D eigenvalue weighted by atomic mass is 10.3. The number of nitrogens with one attached hydrogen (secondary N) is 2. The first-order valence-corrected chi connectivity index (χ1v) is 11.1. The van der Waals surface area contributed by atoms with Crippen LogP contribution in [0.5, 0.6) is 5.75 Å². The quantitative estimate of drug-likeness (QED) is 0.503. The number of benzene rings is 3. The summed E-state index contributed by atoms with van der Waals surface area (Å²) in [4.78, 5) is 12.5. The lowest BCUT2D eigenvalue weighted by molar-refractivity contribution is -0.122. The van der Waals surface area contributed by atoms with E-state index in [1.807, 2.05) is 0 Å². The molecule has 0 aliphatic heterocycles. The fourth-order valence-corrected chi connectivity index (χ4v) is 4.08. The number of rotatable bonds is 7. The highest BCUT2D eigenvalue weighted by molar-refractivity contribution is 7.92. The molecule has 156 valence electrons. The molecule has 9 heteroatoms. The van der Waals surface area contributed by atoms with E-state index in [2.05, 4.69) is 10.0 Å². The van der Waals surface area contributed by atoms with Crippen LogP contribution < -0.4 is 14.8 Å². The van der Waals surface area contributed by atoms with Gasteiger partial charge in [0.2, 0.25) is 0 Å². The molecule has 0 saturated heterocycles. The Morgan fingerprint density at radius 1 is 0.933 bits per heavy atom. The van der Waals surface area contributed by atoms with Crippen molar-refractivity contribution in [2.24, 2.45) is 0 Å². The molecule has 3 aromatic carbocycles. The molecule has 1 atom stereocenters. The monoisotopic (exact) mass is 464 g/mol. The molecular formula is C21H18Cl2N2O4S. The number of hydrogen-bond acceptors (Lipinski definition) is 4. The van der Waals surface area contributed by atoms with E-state index < -0.39 is 22.0 Å². The van der Waals surface area contributed by atoms with Crippen molar-refractivity contribution in [3.8, 4) is 5.75 Å². The second-order valence-corrected chi connectivity index (χ2v) is 8.85. The van der Waals surface area contributed by atoms with E-state index in [0.29, 0.717) is 22.1 Å². The van der Waals surface area contributed by atoms with Crippen molar-refractivity contribution in [3.63, 3.8) is 0 Å². The van der Waals surface area contributed by atoms with Crippen LogP contribution in [-0.2, 0) is 14.8 Å². The van der Waals surface area contributed by atoms with Gasteiger partial charge in [-0.05, 0) is 55.5 Å². The molecule has 3 aromatic rings. The second kappa shape index (κ2) is 9.38. The van der Waals surface area contributed by atoms with E-state index in [1.165, 1.54) is 24.3 Å². The number of sulfonamides is 1. The van der Waals surface area contributed by atoms with E-state index in [9.17, 15) is 13.2 Å². The molecular weight excluding hydrogens is 447 g/mol. The summed E-state index contributed by atoms with van der Waals surface area (Å²) in [6.07, 6.45) is -0.883. The molecule has 0 fully saturated rings. The minimum Gasteiger partial charge on any atom is -0.479 e. The van der Waals surface area contributed by atoms with Crippen molar-refractivity contribution >= 4 is 50.5 Å². The number of halogens is 2. The molecule has 0 spiro atoms. The molecule has 1 unspecified atom stereocenters. The Balaban J connectivity index is 1.70. The van der Waals surface area contributed by atoms with E-state index >= 15 is 0 Å². The van der Waals surface area contributed by atoms with Gasteiger partial charge in [-0.2, -0.15) is 0 Å². The SMILES string of the molecule is CC(Oc1ccc(Cl)cc1Cl)C(=O)Nc1cccc(S(=O)(=O)Nc2ccccc2)c1. The number of amides is 1. The molecule has 3 rings (SSSR count). The average Bonchev–Trinajstić information content (AvgIpc) is 2.70. The van der Waals surface area contributed by atoms with Gasteiger partial charge in [-0.25, -0.2) is 8.42 Å². The first-order chi connectivity index (χ1) is 14.2. The highest BCUT2D eigenvalue weighted by atomic mass is 35.5. The van der Waals surface area contributed by atoms with Crippen LogP contribution in [0.3, 0.4) is 0 Å². The number of carbonyl (C=O) groups excluding carboxylic acids is 1. The van der Waals surface area contributed by atoms with Gasteiger partial charge in [-0.1, -0.05) is 47.5 Å². The highest BCUT2D eigenvalue weighted by Gasteiger charge is 2.19. The lowest BCUT2D eigenvalue weighted by Crippen LogP contribution is -2.30. The standard InChI is InChI=1S/C21H18Cl2N2O4S/c1-14(29-20-11-10-15(22)12-19(20)23)21(26)24-17-8-5-9-18(13-17)30(27,28)25-16-6-3-2-4-7-16/h2-14,25H,1H3,(H,24,26). The summed E-state index contributed by atoms with van der Waals surface area (Å²) in [5.41, 5.74) is 0.752. The fourth-order valence-electron chi connectivity index (χ4n) is 2.52. The molecule has 30 heavy (non-hydrogen) atoms. The zero-order valence-electron chi connectivity index (χ0n) is 15.8. The average molecular weight is 465 g/mol. The molecule has 6 nitrogen and oxygen atoms in total. The van der Waals surface area contributed by atoms with E-state index in [4.69, 9.17) is 27.9 Å². The highest BCUT2D eigenvalue weighted by Crippen LogP contribution is 2.28. The normalized spacial score (nSPS) is 12.1. The van der Waals surface area contributed by atoms with E-state index in [1.54, 1.807) is 55.5 Å². The summed E-state index contributed by atoms with van der Waals surface area (Å²) < 4.78 is 33.3. The van der Waals surface area contributed by atoms with Crippen LogP contribution in [0, 0.1) is 0 Å². The molecule has 0 heterocycles. The topological polar surface area (TPSA) is 84.5 Å². The maximum Gasteiger partial charge on any atom is 0.265 e. The van der Waals surface area contributed by atoms with Crippen molar-refractivity contribution in [2.45, 2.75) is 17.9 Å². The van der Waals surface area contributed by atoms with Gasteiger partial charge in [-0.3, -0.25) is 9.52 Å². The zero-order valence-corrected chi connectivity index (χ0v) is 18.1. The summed E-state index contributed by atoms with van der Waals surface area (Å²) in [5, 5.41) is 3.37. The largest absolute Gasteiger partial charge is 0.479 e. The zero-order chi connectivity index (χ0) is 21.7. The Morgan fingerprint density at radius 3 is 2.33 bits per heavy atom. The first-order valence-electron chi connectivity index (χ1n) is 8.85. The molecule has 0 bridgehead atoms. The Morgan fingerprint density at radius 2 is 1.63 bits per heavy atom. The smallest absolute Gasteiger partial charge is 0.265 e. The summed E-state index contributed by atoms with van der Waals surface area (Å²) in [5.74, 6) is -0.154. The summed E-state index contributed by atoms with van der Waals surface area (Å²) in [6.45, 7) is 1.55. The first kappa shape index (κ1) is 22.0.